The molecule has 0 aliphatic heterocycles. The maximum Gasteiger partial charge on any atom is 0.366 e. The van der Waals surface area contributed by atoms with E-state index < -0.39 is 29.7 Å². The minimum atomic E-state index is -3.68. The maximum atomic E-state index is 13.8. The van der Waals surface area contributed by atoms with Gasteiger partial charge >= 0.3 is 5.92 Å². The number of nitrogens with one attached hydrogen (secondary N) is 1. The number of carbonyl (C=O) groups is 1. The summed E-state index contributed by atoms with van der Waals surface area (Å²) in [5, 5.41) is 11.7. The summed E-state index contributed by atoms with van der Waals surface area (Å²) in [6.07, 6.45) is 2.24. The fourth-order valence-corrected chi connectivity index (χ4v) is 2.03. The second kappa shape index (κ2) is 4.97. The highest BCUT2D eigenvalue weighted by Gasteiger charge is 2.44. The SMILES string of the molecule is O=C(NC1CCCC1O)C(F)(F)c1ccccn1. The number of hydrogen-bond donors (Lipinski definition) is 2. The molecule has 98 valence electrons. The molecule has 1 aliphatic rings. The molecule has 4 nitrogen and oxygen atoms in total. The monoisotopic (exact) mass is 256 g/mol. The van der Waals surface area contributed by atoms with E-state index in [0.29, 0.717) is 12.8 Å². The lowest BCUT2D eigenvalue weighted by Gasteiger charge is -2.20. The molecule has 1 heterocycles. The minimum Gasteiger partial charge on any atom is -0.391 e. The number of aliphatic hydroxyl groups excluding tert-OH is 1. The van der Waals surface area contributed by atoms with E-state index in [1.165, 1.54) is 18.3 Å². The average Bonchev–Trinajstić information content (AvgIpc) is 2.76. The molecule has 1 fully saturated rings. The van der Waals surface area contributed by atoms with Crippen LogP contribution in [0.25, 0.3) is 0 Å². The Bertz CT molecular complexity index is 425. The van der Waals surface area contributed by atoms with E-state index in [9.17, 15) is 18.7 Å². The third-order valence-corrected chi connectivity index (χ3v) is 3.07. The normalized spacial score (nSPS) is 23.9. The van der Waals surface area contributed by atoms with Gasteiger partial charge in [-0.05, 0) is 31.4 Å². The molecule has 0 aromatic carbocycles. The fraction of sp³-hybridized carbons (Fsp3) is 0.500. The summed E-state index contributed by atoms with van der Waals surface area (Å²) >= 11 is 0. The van der Waals surface area contributed by atoms with Crippen molar-refractivity contribution < 1.29 is 18.7 Å². The van der Waals surface area contributed by atoms with Crippen molar-refractivity contribution in [3.8, 4) is 0 Å². The standard InChI is InChI=1S/C12H14F2N2O2/c13-12(14,10-6-1-2-7-15-10)11(18)16-8-4-3-5-9(8)17/h1-2,6-9,17H,3-5H2,(H,16,18). The highest BCUT2D eigenvalue weighted by molar-refractivity contribution is 5.84. The predicted octanol–water partition coefficient (Wildman–Crippen LogP) is 1.20. The Morgan fingerprint density at radius 1 is 1.44 bits per heavy atom. The summed E-state index contributed by atoms with van der Waals surface area (Å²) in [4.78, 5) is 15.0. The van der Waals surface area contributed by atoms with E-state index >= 15 is 0 Å². The molecule has 2 rings (SSSR count). The van der Waals surface area contributed by atoms with Crippen LogP contribution in [0.2, 0.25) is 0 Å². The average molecular weight is 256 g/mol. The van der Waals surface area contributed by atoms with Crippen molar-refractivity contribution in [1.82, 2.24) is 10.3 Å². The van der Waals surface area contributed by atoms with Gasteiger partial charge in [0.05, 0.1) is 12.1 Å². The lowest BCUT2D eigenvalue weighted by atomic mass is 10.1. The summed E-state index contributed by atoms with van der Waals surface area (Å²) in [7, 11) is 0. The van der Waals surface area contributed by atoms with Crippen LogP contribution in [0.5, 0.6) is 0 Å². The number of amides is 1. The first-order chi connectivity index (χ1) is 8.51. The first-order valence-electron chi connectivity index (χ1n) is 5.80. The number of aliphatic hydroxyl groups is 1. The third kappa shape index (κ3) is 2.48. The van der Waals surface area contributed by atoms with E-state index in [1.54, 1.807) is 0 Å². The smallest absolute Gasteiger partial charge is 0.366 e. The molecule has 6 heteroatoms. The molecule has 1 aromatic rings. The van der Waals surface area contributed by atoms with E-state index in [2.05, 4.69) is 10.3 Å². The van der Waals surface area contributed by atoms with Crippen LogP contribution in [-0.4, -0.2) is 28.1 Å². The molecule has 18 heavy (non-hydrogen) atoms. The maximum absolute atomic E-state index is 13.8. The predicted molar refractivity (Wildman–Crippen MR) is 59.9 cm³/mol. The van der Waals surface area contributed by atoms with E-state index in [1.807, 2.05) is 0 Å². The van der Waals surface area contributed by atoms with Crippen LogP contribution in [0.1, 0.15) is 25.0 Å². The lowest BCUT2D eigenvalue weighted by Crippen LogP contribution is -2.47. The Morgan fingerprint density at radius 2 is 2.22 bits per heavy atom. The fourth-order valence-electron chi connectivity index (χ4n) is 2.03. The van der Waals surface area contributed by atoms with Gasteiger partial charge in [0, 0.05) is 6.20 Å². The molecule has 0 spiro atoms. The number of rotatable bonds is 3. The Kier molecular flexibility index (Phi) is 3.56. The number of carbonyl (C=O) groups excluding carboxylic acids is 1. The van der Waals surface area contributed by atoms with Gasteiger partial charge in [-0.3, -0.25) is 9.78 Å². The van der Waals surface area contributed by atoms with Gasteiger partial charge in [0.2, 0.25) is 0 Å². The first kappa shape index (κ1) is 12.9. The minimum absolute atomic E-state index is 0.519. The molecule has 2 unspecified atom stereocenters. The molecule has 1 saturated carbocycles. The van der Waals surface area contributed by atoms with Crippen molar-refractivity contribution in [3.63, 3.8) is 0 Å². The zero-order valence-corrected chi connectivity index (χ0v) is 9.64. The Labute approximate surface area is 103 Å². The molecule has 1 aromatic heterocycles. The first-order valence-corrected chi connectivity index (χ1v) is 5.80. The van der Waals surface area contributed by atoms with Crippen LogP contribution in [0, 0.1) is 0 Å². The Morgan fingerprint density at radius 3 is 2.78 bits per heavy atom. The number of alkyl halides is 2. The van der Waals surface area contributed by atoms with Crippen LogP contribution in [-0.2, 0) is 10.7 Å². The Hall–Kier alpha value is -1.56. The second-order valence-corrected chi connectivity index (χ2v) is 4.37. The number of halogens is 2. The van der Waals surface area contributed by atoms with Gasteiger partial charge in [-0.25, -0.2) is 0 Å². The van der Waals surface area contributed by atoms with Crippen molar-refractivity contribution in [1.29, 1.82) is 0 Å². The van der Waals surface area contributed by atoms with Gasteiger partial charge in [-0.1, -0.05) is 6.07 Å². The highest BCUT2D eigenvalue weighted by atomic mass is 19.3. The van der Waals surface area contributed by atoms with Gasteiger partial charge < -0.3 is 10.4 Å². The Balaban J connectivity index is 2.08. The van der Waals surface area contributed by atoms with Crippen molar-refractivity contribution in [2.75, 3.05) is 0 Å². The van der Waals surface area contributed by atoms with Gasteiger partial charge in [-0.2, -0.15) is 8.78 Å². The number of hydrogen-bond acceptors (Lipinski definition) is 3. The van der Waals surface area contributed by atoms with Crippen molar-refractivity contribution in [2.24, 2.45) is 0 Å². The second-order valence-electron chi connectivity index (χ2n) is 4.37. The number of nitrogens with zero attached hydrogens (tertiary/aromatic N) is 1. The zero-order valence-electron chi connectivity index (χ0n) is 9.64. The molecular formula is C12H14F2N2O2. The number of aromatic nitrogens is 1. The van der Waals surface area contributed by atoms with Crippen LogP contribution in [0.3, 0.4) is 0 Å². The summed E-state index contributed by atoms with van der Waals surface area (Å²) in [6.45, 7) is 0. The van der Waals surface area contributed by atoms with Crippen LogP contribution < -0.4 is 5.32 Å². The van der Waals surface area contributed by atoms with Crippen molar-refractivity contribution in [3.05, 3.63) is 30.1 Å². The van der Waals surface area contributed by atoms with E-state index in [4.69, 9.17) is 0 Å². The quantitative estimate of drug-likeness (QED) is 0.854. The molecular weight excluding hydrogens is 242 g/mol. The van der Waals surface area contributed by atoms with Crippen molar-refractivity contribution in [2.45, 2.75) is 37.3 Å². The topological polar surface area (TPSA) is 62.2 Å². The molecule has 1 amide bonds. The van der Waals surface area contributed by atoms with Crippen LogP contribution >= 0.6 is 0 Å². The van der Waals surface area contributed by atoms with Crippen LogP contribution in [0.4, 0.5) is 8.78 Å². The molecule has 0 saturated heterocycles. The lowest BCUT2D eigenvalue weighted by molar-refractivity contribution is -0.149. The van der Waals surface area contributed by atoms with Crippen LogP contribution in [0.15, 0.2) is 24.4 Å². The molecule has 0 radical (unpaired) electrons. The summed E-state index contributed by atoms with van der Waals surface area (Å²) in [6, 6.07) is 3.41. The van der Waals surface area contributed by atoms with E-state index in [0.717, 1.165) is 12.5 Å². The zero-order chi connectivity index (χ0) is 13.2. The highest BCUT2D eigenvalue weighted by Crippen LogP contribution is 2.27. The van der Waals surface area contributed by atoms with Gasteiger partial charge in [0.15, 0.2) is 0 Å². The van der Waals surface area contributed by atoms with Gasteiger partial charge in [0.25, 0.3) is 5.91 Å². The van der Waals surface area contributed by atoms with Gasteiger partial charge in [-0.15, -0.1) is 0 Å². The third-order valence-electron chi connectivity index (χ3n) is 3.07. The largest absolute Gasteiger partial charge is 0.391 e. The molecule has 1 aliphatic carbocycles. The summed E-state index contributed by atoms with van der Waals surface area (Å²) in [5.74, 6) is -5.09. The van der Waals surface area contributed by atoms with Crippen molar-refractivity contribution >= 4 is 5.91 Å². The molecule has 2 N–H and O–H groups in total. The number of pyridine rings is 1. The molecule has 0 bridgehead atoms. The molecule has 2 atom stereocenters. The summed E-state index contributed by atoms with van der Waals surface area (Å²) < 4.78 is 27.5. The summed E-state index contributed by atoms with van der Waals surface area (Å²) in [5.41, 5.74) is -0.588. The van der Waals surface area contributed by atoms with E-state index in [-0.39, 0.29) is 0 Å². The van der Waals surface area contributed by atoms with Gasteiger partial charge in [0.1, 0.15) is 5.69 Å².